The van der Waals surface area contributed by atoms with Crippen LogP contribution in [-0.2, 0) is 28.6 Å². The van der Waals surface area contributed by atoms with Crippen LogP contribution in [-0.4, -0.2) is 37.2 Å². The van der Waals surface area contributed by atoms with Gasteiger partial charge in [0.25, 0.3) is 0 Å². The molecule has 0 aromatic rings. The van der Waals surface area contributed by atoms with E-state index in [1.807, 2.05) is 0 Å². The molecule has 0 radical (unpaired) electrons. The Morgan fingerprint density at radius 2 is 0.759 bits per heavy atom. The first-order valence-corrected chi connectivity index (χ1v) is 24.3. The Kier molecular flexibility index (Phi) is 44.5. The van der Waals surface area contributed by atoms with E-state index in [0.29, 0.717) is 19.3 Å². The van der Waals surface area contributed by atoms with Crippen molar-refractivity contribution in [3.05, 3.63) is 60.8 Å². The summed E-state index contributed by atoms with van der Waals surface area (Å²) in [5, 5.41) is 0. The summed E-state index contributed by atoms with van der Waals surface area (Å²) in [7, 11) is 0. The van der Waals surface area contributed by atoms with E-state index in [1.54, 1.807) is 0 Å². The minimum Gasteiger partial charge on any atom is -0.462 e. The average Bonchev–Trinajstić information content (AvgIpc) is 3.22. The molecule has 0 aromatic heterocycles. The maximum Gasteiger partial charge on any atom is 0.306 e. The summed E-state index contributed by atoms with van der Waals surface area (Å²) in [6.07, 6.45) is 56.3. The van der Waals surface area contributed by atoms with Crippen LogP contribution in [0, 0.1) is 0 Å². The van der Waals surface area contributed by atoms with Gasteiger partial charge in [-0.2, -0.15) is 0 Å². The van der Waals surface area contributed by atoms with Crippen LogP contribution in [0.4, 0.5) is 0 Å². The number of esters is 3. The van der Waals surface area contributed by atoms with Gasteiger partial charge in [0.05, 0.1) is 0 Å². The van der Waals surface area contributed by atoms with E-state index >= 15 is 0 Å². The molecule has 0 saturated heterocycles. The number of allylic oxidation sites excluding steroid dienone is 10. The SMILES string of the molecule is CC\C=C/C=C\C=C/CCCCCCCC(=O)OC(COC(=O)CCCCCCC/C=C\C/C=C\CC)COC(=O)CCCCCCCCCCCCCCCCC. The molecule has 0 aliphatic rings. The molecule has 0 N–H and O–H groups in total. The van der Waals surface area contributed by atoms with Crippen LogP contribution in [0.2, 0.25) is 0 Å². The highest BCUT2D eigenvalue weighted by molar-refractivity contribution is 5.71. The molecule has 0 aromatic carbocycles. The zero-order valence-corrected chi connectivity index (χ0v) is 38.0. The highest BCUT2D eigenvalue weighted by atomic mass is 16.6. The lowest BCUT2D eigenvalue weighted by Gasteiger charge is -2.18. The Balaban J connectivity index is 4.40. The van der Waals surface area contributed by atoms with E-state index in [0.717, 1.165) is 116 Å². The first kappa shape index (κ1) is 55.1. The van der Waals surface area contributed by atoms with Gasteiger partial charge in [0, 0.05) is 19.3 Å². The molecule has 0 fully saturated rings. The normalized spacial score (nSPS) is 12.5. The Bertz CT molecular complexity index is 1070. The van der Waals surface area contributed by atoms with Crippen LogP contribution in [0.5, 0.6) is 0 Å². The molecular formula is C52H90O6. The van der Waals surface area contributed by atoms with Gasteiger partial charge in [0.2, 0.25) is 0 Å². The fourth-order valence-electron chi connectivity index (χ4n) is 6.71. The first-order chi connectivity index (χ1) is 28.5. The minimum atomic E-state index is -0.787. The molecule has 0 aliphatic carbocycles. The molecule has 58 heavy (non-hydrogen) atoms. The average molecular weight is 811 g/mol. The number of ether oxygens (including phenoxy) is 3. The standard InChI is InChI=1S/C52H90O6/c1-4-7-10-13-16-19-22-25-26-28-30-33-36-39-42-45-51(54)57-48-49(47-56-50(53)44-41-38-35-32-29-24-21-18-15-12-9-6-3)58-52(55)46-43-40-37-34-31-27-23-20-17-14-11-8-5-2/h8-9,11-12,14,17-18,20-21,23,49H,4-7,10,13,15-16,19,22,24-48H2,1-3H3/b11-8-,12-9-,17-14-,21-18-,23-20-. The van der Waals surface area contributed by atoms with Crippen LogP contribution in [0.1, 0.15) is 233 Å². The van der Waals surface area contributed by atoms with Crippen molar-refractivity contribution >= 4 is 17.9 Å². The van der Waals surface area contributed by atoms with Gasteiger partial charge in [0.1, 0.15) is 13.2 Å². The molecule has 0 bridgehead atoms. The molecule has 0 heterocycles. The largest absolute Gasteiger partial charge is 0.462 e. The number of carbonyl (C=O) groups is 3. The molecule has 0 saturated carbocycles. The van der Waals surface area contributed by atoms with E-state index in [-0.39, 0.29) is 31.1 Å². The van der Waals surface area contributed by atoms with Gasteiger partial charge >= 0.3 is 17.9 Å². The molecular weight excluding hydrogens is 721 g/mol. The van der Waals surface area contributed by atoms with Gasteiger partial charge in [-0.15, -0.1) is 0 Å². The molecule has 334 valence electrons. The van der Waals surface area contributed by atoms with Gasteiger partial charge < -0.3 is 14.2 Å². The van der Waals surface area contributed by atoms with Crippen molar-refractivity contribution in [3.63, 3.8) is 0 Å². The number of hydrogen-bond donors (Lipinski definition) is 0. The predicted molar refractivity (Wildman–Crippen MR) is 247 cm³/mol. The summed E-state index contributed by atoms with van der Waals surface area (Å²) in [4.78, 5) is 37.8. The van der Waals surface area contributed by atoms with E-state index < -0.39 is 6.10 Å². The van der Waals surface area contributed by atoms with Crippen LogP contribution in [0.3, 0.4) is 0 Å². The predicted octanol–water partition coefficient (Wildman–Crippen LogP) is 15.7. The van der Waals surface area contributed by atoms with E-state index in [1.165, 1.54) is 77.0 Å². The lowest BCUT2D eigenvalue weighted by Crippen LogP contribution is -2.30. The van der Waals surface area contributed by atoms with Gasteiger partial charge in [-0.3, -0.25) is 14.4 Å². The molecule has 1 unspecified atom stereocenters. The van der Waals surface area contributed by atoms with Crippen molar-refractivity contribution in [2.45, 2.75) is 239 Å². The van der Waals surface area contributed by atoms with Crippen molar-refractivity contribution < 1.29 is 28.6 Å². The summed E-state index contributed by atoms with van der Waals surface area (Å²) < 4.78 is 16.7. The number of unbranched alkanes of at least 4 members (excludes halogenated alkanes) is 24. The Hall–Kier alpha value is -2.89. The molecule has 6 nitrogen and oxygen atoms in total. The first-order valence-electron chi connectivity index (χ1n) is 24.3. The van der Waals surface area contributed by atoms with Crippen molar-refractivity contribution in [2.75, 3.05) is 13.2 Å². The molecule has 0 aliphatic heterocycles. The monoisotopic (exact) mass is 811 g/mol. The van der Waals surface area contributed by atoms with E-state index in [2.05, 4.69) is 81.5 Å². The van der Waals surface area contributed by atoms with Gasteiger partial charge in [-0.25, -0.2) is 0 Å². The zero-order valence-electron chi connectivity index (χ0n) is 38.0. The van der Waals surface area contributed by atoms with Crippen LogP contribution >= 0.6 is 0 Å². The summed E-state index contributed by atoms with van der Waals surface area (Å²) in [6, 6.07) is 0. The maximum atomic E-state index is 12.7. The van der Waals surface area contributed by atoms with Crippen molar-refractivity contribution in [2.24, 2.45) is 0 Å². The van der Waals surface area contributed by atoms with Crippen molar-refractivity contribution in [3.8, 4) is 0 Å². The quantitative estimate of drug-likeness (QED) is 0.0201. The number of carbonyl (C=O) groups excluding carboxylic acids is 3. The van der Waals surface area contributed by atoms with Crippen molar-refractivity contribution in [1.29, 1.82) is 0 Å². The summed E-state index contributed by atoms with van der Waals surface area (Å²) >= 11 is 0. The third-order valence-corrected chi connectivity index (χ3v) is 10.3. The number of hydrogen-bond acceptors (Lipinski definition) is 6. The summed E-state index contributed by atoms with van der Waals surface area (Å²) in [5.41, 5.74) is 0. The maximum absolute atomic E-state index is 12.7. The fourth-order valence-corrected chi connectivity index (χ4v) is 6.71. The molecule has 0 amide bonds. The minimum absolute atomic E-state index is 0.0858. The molecule has 0 rings (SSSR count). The van der Waals surface area contributed by atoms with E-state index in [4.69, 9.17) is 14.2 Å². The van der Waals surface area contributed by atoms with Gasteiger partial charge in [-0.1, -0.05) is 210 Å². The zero-order chi connectivity index (χ0) is 42.3. The Morgan fingerprint density at radius 1 is 0.379 bits per heavy atom. The lowest BCUT2D eigenvalue weighted by molar-refractivity contribution is -0.167. The van der Waals surface area contributed by atoms with Gasteiger partial charge in [-0.05, 0) is 64.2 Å². The Labute approximate surface area is 358 Å². The second-order valence-corrected chi connectivity index (χ2v) is 16.0. The highest BCUT2D eigenvalue weighted by Gasteiger charge is 2.19. The second kappa shape index (κ2) is 46.8. The lowest BCUT2D eigenvalue weighted by atomic mass is 10.0. The molecule has 0 spiro atoms. The highest BCUT2D eigenvalue weighted by Crippen LogP contribution is 2.15. The third kappa shape index (κ3) is 44.2. The van der Waals surface area contributed by atoms with Crippen molar-refractivity contribution in [1.82, 2.24) is 0 Å². The smallest absolute Gasteiger partial charge is 0.306 e. The summed E-state index contributed by atoms with van der Waals surface area (Å²) in [5.74, 6) is -0.920. The van der Waals surface area contributed by atoms with E-state index in [9.17, 15) is 14.4 Å². The van der Waals surface area contributed by atoms with Crippen LogP contribution < -0.4 is 0 Å². The summed E-state index contributed by atoms with van der Waals surface area (Å²) in [6.45, 7) is 6.37. The third-order valence-electron chi connectivity index (χ3n) is 10.3. The number of rotatable bonds is 43. The van der Waals surface area contributed by atoms with Crippen LogP contribution in [0.15, 0.2) is 60.8 Å². The second-order valence-electron chi connectivity index (χ2n) is 16.0. The fraction of sp³-hybridized carbons (Fsp3) is 0.750. The van der Waals surface area contributed by atoms with Crippen LogP contribution in [0.25, 0.3) is 0 Å². The molecule has 1 atom stereocenters. The molecule has 6 heteroatoms. The topological polar surface area (TPSA) is 78.9 Å². The Morgan fingerprint density at radius 3 is 1.22 bits per heavy atom. The van der Waals surface area contributed by atoms with Gasteiger partial charge in [0.15, 0.2) is 6.10 Å².